The minimum atomic E-state index is -4.15. The highest BCUT2D eigenvalue weighted by atomic mass is 19.4. The monoisotopic (exact) mass is 160 g/mol. The highest BCUT2D eigenvalue weighted by molar-refractivity contribution is 5.08. The molecule has 0 aromatic carbocycles. The Bertz CT molecular complexity index is 217. The van der Waals surface area contributed by atoms with Gasteiger partial charge in [-0.25, -0.2) is 0 Å². The van der Waals surface area contributed by atoms with Gasteiger partial charge in [0.1, 0.15) is 0 Å². The molecule has 1 radical (unpaired) electrons. The highest BCUT2D eigenvalue weighted by Gasteiger charge is 2.27. The van der Waals surface area contributed by atoms with Gasteiger partial charge in [0.2, 0.25) is 0 Å². The predicted octanol–water partition coefficient (Wildman–Crippen LogP) is 1.99. The van der Waals surface area contributed by atoms with Crippen molar-refractivity contribution in [2.24, 2.45) is 0 Å². The molecule has 0 saturated carbocycles. The molecule has 1 heterocycles. The SMILES string of the molecule is FC(F)(F)Cc1cc[c]nc1. The van der Waals surface area contributed by atoms with Crippen molar-refractivity contribution in [1.82, 2.24) is 4.98 Å². The van der Waals surface area contributed by atoms with Crippen molar-refractivity contribution >= 4 is 0 Å². The summed E-state index contributed by atoms with van der Waals surface area (Å²) in [6, 6.07) is 2.71. The number of pyridine rings is 1. The molecule has 1 aromatic rings. The van der Waals surface area contributed by atoms with Crippen LogP contribution in [0.4, 0.5) is 13.2 Å². The quantitative estimate of drug-likeness (QED) is 0.612. The molecule has 0 aliphatic carbocycles. The number of nitrogens with zero attached hydrogens (tertiary/aromatic N) is 1. The summed E-state index contributed by atoms with van der Waals surface area (Å²) in [6.45, 7) is 0. The Morgan fingerprint density at radius 2 is 2.18 bits per heavy atom. The smallest absolute Gasteiger partial charge is 0.254 e. The third kappa shape index (κ3) is 3.02. The molecule has 1 nitrogen and oxygen atoms in total. The molecule has 1 rings (SSSR count). The molecule has 0 N–H and O–H groups in total. The molecule has 0 amide bonds. The van der Waals surface area contributed by atoms with Gasteiger partial charge in [0.15, 0.2) is 0 Å². The first kappa shape index (κ1) is 8.04. The molecule has 0 aliphatic rings. The number of halogens is 3. The van der Waals surface area contributed by atoms with Gasteiger partial charge >= 0.3 is 6.18 Å². The molecule has 0 bridgehead atoms. The summed E-state index contributed by atoms with van der Waals surface area (Å²) in [7, 11) is 0. The van der Waals surface area contributed by atoms with E-state index in [-0.39, 0.29) is 5.56 Å². The molecular formula is C7H5F3N. The van der Waals surface area contributed by atoms with Gasteiger partial charge in [0.05, 0.1) is 12.6 Å². The predicted molar refractivity (Wildman–Crippen MR) is 32.8 cm³/mol. The highest BCUT2D eigenvalue weighted by Crippen LogP contribution is 2.20. The number of alkyl halides is 3. The maximum atomic E-state index is 11.7. The summed E-state index contributed by atoms with van der Waals surface area (Å²) in [5, 5.41) is 0. The lowest BCUT2D eigenvalue weighted by Gasteiger charge is -2.04. The first-order valence-corrected chi connectivity index (χ1v) is 2.96. The molecule has 0 atom stereocenters. The Kier molecular flexibility index (Phi) is 2.12. The van der Waals surface area contributed by atoms with Crippen LogP contribution in [0.2, 0.25) is 0 Å². The molecule has 59 valence electrons. The Labute approximate surface area is 61.9 Å². The van der Waals surface area contributed by atoms with Crippen LogP contribution in [-0.2, 0) is 6.42 Å². The second-order valence-electron chi connectivity index (χ2n) is 2.09. The van der Waals surface area contributed by atoms with Gasteiger partial charge in [-0.1, -0.05) is 6.07 Å². The van der Waals surface area contributed by atoms with E-state index in [0.29, 0.717) is 0 Å². The molecule has 11 heavy (non-hydrogen) atoms. The average molecular weight is 160 g/mol. The van der Waals surface area contributed by atoms with E-state index < -0.39 is 12.6 Å². The van der Waals surface area contributed by atoms with Crippen molar-refractivity contribution in [2.75, 3.05) is 0 Å². The second kappa shape index (κ2) is 2.90. The van der Waals surface area contributed by atoms with Crippen molar-refractivity contribution in [2.45, 2.75) is 12.6 Å². The minimum absolute atomic E-state index is 0.163. The zero-order valence-electron chi connectivity index (χ0n) is 5.52. The number of aromatic nitrogens is 1. The van der Waals surface area contributed by atoms with Crippen LogP contribution < -0.4 is 0 Å². The first-order chi connectivity index (χ1) is 5.08. The van der Waals surface area contributed by atoms with Crippen molar-refractivity contribution < 1.29 is 13.2 Å². The van der Waals surface area contributed by atoms with E-state index in [1.807, 2.05) is 0 Å². The van der Waals surface area contributed by atoms with Crippen LogP contribution in [0, 0.1) is 6.20 Å². The summed E-state index contributed by atoms with van der Waals surface area (Å²) < 4.78 is 35.1. The molecule has 0 saturated heterocycles. The van der Waals surface area contributed by atoms with Gasteiger partial charge in [-0.2, -0.15) is 13.2 Å². The largest absolute Gasteiger partial charge is 0.393 e. The van der Waals surface area contributed by atoms with Crippen molar-refractivity contribution in [3.63, 3.8) is 0 Å². The zero-order chi connectivity index (χ0) is 8.32. The normalized spacial score (nSPS) is 11.5. The van der Waals surface area contributed by atoms with Gasteiger partial charge in [-0.3, -0.25) is 4.98 Å². The third-order valence-electron chi connectivity index (χ3n) is 1.08. The summed E-state index contributed by atoms with van der Waals surface area (Å²) >= 11 is 0. The van der Waals surface area contributed by atoms with E-state index >= 15 is 0 Å². The fourth-order valence-corrected chi connectivity index (χ4v) is 0.687. The van der Waals surface area contributed by atoms with Crippen LogP contribution in [-0.4, -0.2) is 11.2 Å². The van der Waals surface area contributed by atoms with E-state index in [2.05, 4.69) is 11.2 Å². The van der Waals surface area contributed by atoms with E-state index in [1.165, 1.54) is 12.1 Å². The van der Waals surface area contributed by atoms with E-state index in [1.54, 1.807) is 0 Å². The lowest BCUT2D eigenvalue weighted by molar-refractivity contribution is -0.127. The summed E-state index contributed by atoms with van der Waals surface area (Å²) in [6.07, 6.45) is -1.51. The molecule has 0 fully saturated rings. The Morgan fingerprint density at radius 3 is 2.64 bits per heavy atom. The van der Waals surface area contributed by atoms with Gasteiger partial charge < -0.3 is 0 Å². The van der Waals surface area contributed by atoms with Crippen LogP contribution >= 0.6 is 0 Å². The van der Waals surface area contributed by atoms with Gasteiger partial charge in [0, 0.05) is 6.20 Å². The Morgan fingerprint density at radius 1 is 1.45 bits per heavy atom. The number of rotatable bonds is 1. The van der Waals surface area contributed by atoms with E-state index in [0.717, 1.165) is 6.20 Å². The maximum absolute atomic E-state index is 11.7. The summed E-state index contributed by atoms with van der Waals surface area (Å²) in [4.78, 5) is 3.44. The number of hydrogen-bond acceptors (Lipinski definition) is 1. The minimum Gasteiger partial charge on any atom is -0.254 e. The first-order valence-electron chi connectivity index (χ1n) is 2.96. The van der Waals surface area contributed by atoms with Gasteiger partial charge in [-0.05, 0) is 11.6 Å². The fourth-order valence-electron chi connectivity index (χ4n) is 0.687. The molecule has 0 aliphatic heterocycles. The van der Waals surface area contributed by atoms with Gasteiger partial charge in [0.25, 0.3) is 0 Å². The molecule has 1 aromatic heterocycles. The third-order valence-corrected chi connectivity index (χ3v) is 1.08. The number of hydrogen-bond donors (Lipinski definition) is 0. The molecular weight excluding hydrogens is 155 g/mol. The van der Waals surface area contributed by atoms with Crippen LogP contribution in [0.25, 0.3) is 0 Å². The lowest BCUT2D eigenvalue weighted by atomic mass is 10.2. The maximum Gasteiger partial charge on any atom is 0.393 e. The van der Waals surface area contributed by atoms with Crippen LogP contribution in [0.3, 0.4) is 0 Å². The second-order valence-corrected chi connectivity index (χ2v) is 2.09. The zero-order valence-corrected chi connectivity index (χ0v) is 5.52. The van der Waals surface area contributed by atoms with Crippen molar-refractivity contribution in [1.29, 1.82) is 0 Å². The fraction of sp³-hybridized carbons (Fsp3) is 0.286. The van der Waals surface area contributed by atoms with E-state index in [9.17, 15) is 13.2 Å². The lowest BCUT2D eigenvalue weighted by Crippen LogP contribution is -2.11. The molecule has 0 unspecified atom stereocenters. The van der Waals surface area contributed by atoms with E-state index in [4.69, 9.17) is 0 Å². The Hall–Kier alpha value is -1.06. The van der Waals surface area contributed by atoms with Crippen LogP contribution in [0.1, 0.15) is 5.56 Å². The van der Waals surface area contributed by atoms with Crippen molar-refractivity contribution in [3.8, 4) is 0 Å². The summed E-state index contributed by atoms with van der Waals surface area (Å²) in [5.74, 6) is 0. The van der Waals surface area contributed by atoms with Gasteiger partial charge in [-0.15, -0.1) is 0 Å². The standard InChI is InChI=1S/C7H5F3N/c8-7(9,10)4-6-2-1-3-11-5-6/h1-2,5H,4H2. The Balaban J connectivity index is 2.66. The summed E-state index contributed by atoms with van der Waals surface area (Å²) in [5.41, 5.74) is 0.163. The van der Waals surface area contributed by atoms with Crippen LogP contribution in [0.5, 0.6) is 0 Å². The molecule has 4 heteroatoms. The average Bonchev–Trinajstić information content (AvgIpc) is 1.85. The van der Waals surface area contributed by atoms with Crippen LogP contribution in [0.15, 0.2) is 18.3 Å². The topological polar surface area (TPSA) is 12.9 Å². The van der Waals surface area contributed by atoms with Crippen molar-refractivity contribution in [3.05, 3.63) is 30.1 Å². The molecule has 0 spiro atoms.